The maximum Gasteiger partial charge on any atom is 0.285 e. The minimum absolute atomic E-state index is 0.0192. The van der Waals surface area contributed by atoms with Gasteiger partial charge in [-0.2, -0.15) is 5.26 Å². The summed E-state index contributed by atoms with van der Waals surface area (Å²) in [5.41, 5.74) is 4.56. The summed E-state index contributed by atoms with van der Waals surface area (Å²) in [6.07, 6.45) is 3.94. The van der Waals surface area contributed by atoms with Gasteiger partial charge in [0.25, 0.3) is 5.70 Å². The predicted molar refractivity (Wildman–Crippen MR) is 132 cm³/mol. The molecule has 1 aliphatic heterocycles. The van der Waals surface area contributed by atoms with E-state index >= 15 is 0 Å². The fourth-order valence-electron chi connectivity index (χ4n) is 4.82. The Hall–Kier alpha value is -4.41. The second kappa shape index (κ2) is 8.18. The molecule has 0 fully saturated rings. The van der Waals surface area contributed by atoms with Crippen molar-refractivity contribution in [2.24, 2.45) is 0 Å². The largest absolute Gasteiger partial charge is 0.347 e. The predicted octanol–water partition coefficient (Wildman–Crippen LogP) is 3.68. The third-order valence-corrected chi connectivity index (χ3v) is 6.59. The third-order valence-electron chi connectivity index (χ3n) is 6.59. The van der Waals surface area contributed by atoms with Crippen LogP contribution in [0, 0.1) is 36.2 Å². The van der Waals surface area contributed by atoms with Crippen LogP contribution in [-0.4, -0.2) is 21.6 Å². The molecule has 3 heterocycles. The van der Waals surface area contributed by atoms with E-state index in [-0.39, 0.29) is 17.0 Å². The molecule has 0 spiro atoms. The van der Waals surface area contributed by atoms with Crippen LogP contribution < -0.4 is 15.5 Å². The molecule has 0 unspecified atom stereocenters. The van der Waals surface area contributed by atoms with E-state index in [2.05, 4.69) is 52.0 Å². The molecule has 7 heteroatoms. The lowest BCUT2D eigenvalue weighted by atomic mass is 9.83. The average molecular weight is 448 g/mol. The Morgan fingerprint density at radius 1 is 1.18 bits per heavy atom. The van der Waals surface area contributed by atoms with Crippen LogP contribution in [-0.2, 0) is 5.41 Å². The minimum Gasteiger partial charge on any atom is -0.347 e. The first-order valence-corrected chi connectivity index (χ1v) is 11.0. The van der Waals surface area contributed by atoms with Crippen molar-refractivity contribution in [2.75, 3.05) is 11.9 Å². The zero-order valence-corrected chi connectivity index (χ0v) is 20.2. The van der Waals surface area contributed by atoms with Crippen LogP contribution in [0.5, 0.6) is 0 Å². The average Bonchev–Trinajstić information content (AvgIpc) is 3.32. The highest BCUT2D eigenvalue weighted by molar-refractivity contribution is 5.73. The van der Waals surface area contributed by atoms with Gasteiger partial charge in [0.15, 0.2) is 5.65 Å². The number of benzene rings is 1. The smallest absolute Gasteiger partial charge is 0.285 e. The van der Waals surface area contributed by atoms with Crippen molar-refractivity contribution in [1.29, 1.82) is 10.5 Å². The SMILES string of the molecule is [C-]#[N+]C(C#N)=c1c(=CC=C2N(C)c3ccccc3C2(C)C)c(C)c(C#N)c2nnc(C(C)C)n12. The Kier molecular flexibility index (Phi) is 5.48. The first-order valence-electron chi connectivity index (χ1n) is 11.0. The summed E-state index contributed by atoms with van der Waals surface area (Å²) in [5, 5.41) is 29.4. The van der Waals surface area contributed by atoms with Gasteiger partial charge in [0.05, 0.1) is 18.0 Å². The second-order valence-electron chi connectivity index (χ2n) is 9.24. The monoisotopic (exact) mass is 447 g/mol. The number of rotatable bonds is 2. The maximum absolute atomic E-state index is 9.95. The van der Waals surface area contributed by atoms with Gasteiger partial charge >= 0.3 is 0 Å². The van der Waals surface area contributed by atoms with E-state index in [0.29, 0.717) is 33.2 Å². The Balaban J connectivity index is 2.18. The van der Waals surface area contributed by atoms with Crippen molar-refractivity contribution in [3.63, 3.8) is 0 Å². The number of anilines is 1. The van der Waals surface area contributed by atoms with E-state index in [0.717, 1.165) is 11.4 Å². The summed E-state index contributed by atoms with van der Waals surface area (Å²) in [6.45, 7) is 17.8. The van der Waals surface area contributed by atoms with E-state index in [1.165, 1.54) is 5.56 Å². The summed E-state index contributed by atoms with van der Waals surface area (Å²) in [6, 6.07) is 12.6. The molecule has 0 radical (unpaired) electrons. The number of pyridine rings is 1. The summed E-state index contributed by atoms with van der Waals surface area (Å²) >= 11 is 0. The van der Waals surface area contributed by atoms with Gasteiger partial charge in [-0.05, 0) is 35.4 Å². The topological polar surface area (TPSA) is 85.4 Å². The van der Waals surface area contributed by atoms with Crippen LogP contribution in [0.3, 0.4) is 0 Å². The number of nitrogens with zero attached hydrogens (tertiary/aromatic N) is 7. The summed E-state index contributed by atoms with van der Waals surface area (Å²) in [5.74, 6) is 0.584. The number of hydrogen-bond donors (Lipinski definition) is 0. The molecule has 0 amide bonds. The molecule has 0 atom stereocenters. The van der Waals surface area contributed by atoms with E-state index in [1.807, 2.05) is 58.2 Å². The van der Waals surface area contributed by atoms with Gasteiger partial charge in [-0.1, -0.05) is 52.0 Å². The molecule has 0 N–H and O–H groups in total. The minimum atomic E-state index is -0.237. The molecule has 0 saturated carbocycles. The van der Waals surface area contributed by atoms with Crippen molar-refractivity contribution < 1.29 is 0 Å². The number of para-hydroxylation sites is 1. The molecular weight excluding hydrogens is 422 g/mol. The summed E-state index contributed by atoms with van der Waals surface area (Å²) < 4.78 is 1.70. The van der Waals surface area contributed by atoms with Gasteiger partial charge in [-0.3, -0.25) is 4.40 Å². The number of hydrogen-bond acceptors (Lipinski definition) is 5. The molecule has 3 aromatic rings. The Morgan fingerprint density at radius 2 is 1.88 bits per heavy atom. The van der Waals surface area contributed by atoms with E-state index in [9.17, 15) is 10.5 Å². The van der Waals surface area contributed by atoms with Gasteiger partial charge in [-0.15, -0.1) is 10.2 Å². The molecule has 4 rings (SSSR count). The van der Waals surface area contributed by atoms with Crippen LogP contribution in [0.1, 0.15) is 56.1 Å². The lowest BCUT2D eigenvalue weighted by Gasteiger charge is -2.23. The van der Waals surface area contributed by atoms with Crippen molar-refractivity contribution in [2.45, 2.75) is 46.0 Å². The van der Waals surface area contributed by atoms with Crippen LogP contribution in [0.25, 0.3) is 22.3 Å². The fraction of sp³-hybridized carbons (Fsp3) is 0.296. The lowest BCUT2D eigenvalue weighted by Crippen LogP contribution is -2.37. The van der Waals surface area contributed by atoms with Crippen LogP contribution in [0.4, 0.5) is 5.69 Å². The first kappa shape index (κ1) is 22.8. The van der Waals surface area contributed by atoms with Crippen LogP contribution in [0.15, 0.2) is 36.0 Å². The molecule has 1 aliphatic rings. The number of aromatic nitrogens is 3. The first-order chi connectivity index (χ1) is 16.2. The van der Waals surface area contributed by atoms with Gasteiger partial charge in [0.2, 0.25) is 0 Å². The van der Waals surface area contributed by atoms with Crippen molar-refractivity contribution in [3.05, 3.63) is 80.5 Å². The van der Waals surface area contributed by atoms with E-state index in [4.69, 9.17) is 6.57 Å². The van der Waals surface area contributed by atoms with Crippen LogP contribution >= 0.6 is 0 Å². The highest BCUT2D eigenvalue weighted by Gasteiger charge is 2.37. The van der Waals surface area contributed by atoms with E-state index < -0.39 is 0 Å². The normalized spacial score (nSPS) is 17.0. The highest BCUT2D eigenvalue weighted by Crippen LogP contribution is 2.46. The number of allylic oxidation sites excluding steroid dienone is 2. The third kappa shape index (κ3) is 3.16. The Labute approximate surface area is 199 Å². The maximum atomic E-state index is 9.95. The fourth-order valence-corrected chi connectivity index (χ4v) is 4.82. The van der Waals surface area contributed by atoms with Crippen molar-refractivity contribution >= 4 is 23.1 Å². The van der Waals surface area contributed by atoms with Gasteiger partial charge in [-0.25, -0.2) is 10.1 Å². The molecule has 1 aromatic carbocycles. The number of fused-ring (bicyclic) bond motifs is 2. The quantitative estimate of drug-likeness (QED) is 0.560. The summed E-state index contributed by atoms with van der Waals surface area (Å²) in [7, 11) is 2.04. The Bertz CT molecular complexity index is 1600. The van der Waals surface area contributed by atoms with Gasteiger partial charge < -0.3 is 4.90 Å². The molecular formula is C27H25N7. The zero-order chi connectivity index (χ0) is 24.8. The molecule has 34 heavy (non-hydrogen) atoms. The van der Waals surface area contributed by atoms with E-state index in [1.54, 1.807) is 4.40 Å². The lowest BCUT2D eigenvalue weighted by molar-refractivity contribution is 0.641. The van der Waals surface area contributed by atoms with Crippen LogP contribution in [0.2, 0.25) is 0 Å². The molecule has 2 aromatic heterocycles. The molecule has 7 nitrogen and oxygen atoms in total. The standard InChI is InChI=1S/C27H25N7/c1-16(2)25-31-32-26-19(14-28)17(3)18(24(34(25)26)21(15-29)30-6)12-13-23-27(4,5)20-10-8-9-11-22(20)33(23)7/h8-13,16H,1-5,7H3. The molecule has 168 valence electrons. The molecule has 0 aliphatic carbocycles. The van der Waals surface area contributed by atoms with Gasteiger partial charge in [0, 0.05) is 29.8 Å². The highest BCUT2D eigenvalue weighted by atomic mass is 15.3. The van der Waals surface area contributed by atoms with Gasteiger partial charge in [0.1, 0.15) is 17.5 Å². The van der Waals surface area contributed by atoms with Crippen molar-refractivity contribution in [1.82, 2.24) is 14.6 Å². The summed E-state index contributed by atoms with van der Waals surface area (Å²) in [4.78, 5) is 5.67. The van der Waals surface area contributed by atoms with Crippen molar-refractivity contribution in [3.8, 4) is 12.1 Å². The Morgan fingerprint density at radius 3 is 2.47 bits per heavy atom. The second-order valence-corrected chi connectivity index (χ2v) is 9.24. The molecule has 0 bridgehead atoms. The molecule has 0 saturated heterocycles. The number of nitriles is 2. The number of likely N-dealkylation sites (N-methyl/N-ethyl adjacent to an activating group) is 1. The zero-order valence-electron chi connectivity index (χ0n) is 20.2.